The van der Waals surface area contributed by atoms with E-state index >= 15 is 0 Å². The zero-order valence-electron chi connectivity index (χ0n) is 10.3. The maximum absolute atomic E-state index is 11.1. The molecule has 1 atom stereocenters. The molecular weight excluding hydrogens is 240 g/mol. The number of ether oxygens (including phenoxy) is 1. The summed E-state index contributed by atoms with van der Waals surface area (Å²) in [4.78, 5) is 32.2. The van der Waals surface area contributed by atoms with E-state index in [1.54, 1.807) is 0 Å². The molecule has 0 bridgehead atoms. The summed E-state index contributed by atoms with van der Waals surface area (Å²) in [6, 6.07) is 0. The summed E-state index contributed by atoms with van der Waals surface area (Å²) in [5.74, 6) is -3.20. The summed E-state index contributed by atoms with van der Waals surface area (Å²) in [5.41, 5.74) is 0.257. The minimum Gasteiger partial charge on any atom is -0.481 e. The number of carbonyl (C=O) groups excluding carboxylic acids is 1. The summed E-state index contributed by atoms with van der Waals surface area (Å²) in [6.07, 6.45) is 0.663. The molecule has 0 spiro atoms. The van der Waals surface area contributed by atoms with Crippen molar-refractivity contribution < 1.29 is 29.3 Å². The van der Waals surface area contributed by atoms with Gasteiger partial charge >= 0.3 is 17.9 Å². The molecule has 0 saturated carbocycles. The molecule has 18 heavy (non-hydrogen) atoms. The summed E-state index contributed by atoms with van der Waals surface area (Å²) >= 11 is 0. The molecule has 1 unspecified atom stereocenters. The zero-order valence-corrected chi connectivity index (χ0v) is 10.3. The smallest absolute Gasteiger partial charge is 0.333 e. The number of carbonyl (C=O) groups is 3. The molecule has 0 aromatic heterocycles. The minimum absolute atomic E-state index is 0.00423. The fraction of sp³-hybridized carbons (Fsp3) is 0.583. The van der Waals surface area contributed by atoms with Crippen LogP contribution in [-0.2, 0) is 19.1 Å². The van der Waals surface area contributed by atoms with Crippen molar-refractivity contribution in [3.8, 4) is 0 Å². The standard InChI is InChI=1S/C12H18O6/c1-8(2)12(17)18-7-6-9(11(15)16)4-3-5-10(13)14/h9H,1,3-7H2,2H3,(H,13,14)(H,15,16). The number of hydrogen-bond donors (Lipinski definition) is 2. The van der Waals surface area contributed by atoms with Crippen LogP contribution < -0.4 is 0 Å². The molecule has 0 amide bonds. The van der Waals surface area contributed by atoms with Gasteiger partial charge in [-0.15, -0.1) is 0 Å². The van der Waals surface area contributed by atoms with Crippen LogP contribution in [-0.4, -0.2) is 34.7 Å². The highest BCUT2D eigenvalue weighted by atomic mass is 16.5. The third-order valence-corrected chi connectivity index (χ3v) is 2.34. The van der Waals surface area contributed by atoms with Crippen LogP contribution in [0, 0.1) is 5.92 Å². The molecule has 0 aliphatic heterocycles. The number of carboxylic acid groups (broad SMARTS) is 2. The molecule has 0 fully saturated rings. The van der Waals surface area contributed by atoms with Gasteiger partial charge in [-0.3, -0.25) is 9.59 Å². The third-order valence-electron chi connectivity index (χ3n) is 2.34. The number of aliphatic carboxylic acids is 2. The van der Waals surface area contributed by atoms with Crippen LogP contribution >= 0.6 is 0 Å². The quantitative estimate of drug-likeness (QED) is 0.479. The van der Waals surface area contributed by atoms with Crippen molar-refractivity contribution in [3.05, 3.63) is 12.2 Å². The maximum atomic E-state index is 11.1. The molecule has 0 heterocycles. The summed E-state index contributed by atoms with van der Waals surface area (Å²) in [5, 5.41) is 17.4. The van der Waals surface area contributed by atoms with Gasteiger partial charge in [0.25, 0.3) is 0 Å². The molecule has 0 aromatic rings. The average Bonchev–Trinajstić information content (AvgIpc) is 2.25. The molecule has 0 aliphatic rings. The van der Waals surface area contributed by atoms with E-state index in [0.717, 1.165) is 0 Å². The Morgan fingerprint density at radius 3 is 2.28 bits per heavy atom. The molecule has 0 saturated heterocycles. The Labute approximate surface area is 105 Å². The van der Waals surface area contributed by atoms with Gasteiger partial charge in [0.1, 0.15) is 0 Å². The van der Waals surface area contributed by atoms with Gasteiger partial charge < -0.3 is 14.9 Å². The van der Waals surface area contributed by atoms with Gasteiger partial charge in [-0.05, 0) is 26.2 Å². The second kappa shape index (κ2) is 8.27. The van der Waals surface area contributed by atoms with Crippen molar-refractivity contribution in [3.63, 3.8) is 0 Å². The van der Waals surface area contributed by atoms with E-state index in [9.17, 15) is 14.4 Å². The van der Waals surface area contributed by atoms with Crippen molar-refractivity contribution in [2.24, 2.45) is 5.92 Å². The van der Waals surface area contributed by atoms with Gasteiger partial charge in [-0.1, -0.05) is 6.58 Å². The highest BCUT2D eigenvalue weighted by Gasteiger charge is 2.18. The van der Waals surface area contributed by atoms with Gasteiger partial charge in [0.15, 0.2) is 0 Å². The van der Waals surface area contributed by atoms with E-state index in [0.29, 0.717) is 6.42 Å². The van der Waals surface area contributed by atoms with Gasteiger partial charge in [-0.25, -0.2) is 4.79 Å². The van der Waals surface area contributed by atoms with E-state index in [-0.39, 0.29) is 31.4 Å². The molecule has 0 radical (unpaired) electrons. The van der Waals surface area contributed by atoms with E-state index < -0.39 is 23.8 Å². The highest BCUT2D eigenvalue weighted by Crippen LogP contribution is 2.13. The number of carboxylic acids is 2. The zero-order chi connectivity index (χ0) is 14.1. The van der Waals surface area contributed by atoms with Crippen LogP contribution in [0.1, 0.15) is 32.6 Å². The van der Waals surface area contributed by atoms with Crippen LogP contribution in [0.25, 0.3) is 0 Å². The van der Waals surface area contributed by atoms with Gasteiger partial charge in [0.05, 0.1) is 12.5 Å². The van der Waals surface area contributed by atoms with Crippen molar-refractivity contribution in [2.75, 3.05) is 6.61 Å². The second-order valence-electron chi connectivity index (χ2n) is 4.03. The van der Waals surface area contributed by atoms with Crippen LogP contribution in [0.3, 0.4) is 0 Å². The summed E-state index contributed by atoms with van der Waals surface area (Å²) in [7, 11) is 0. The Hall–Kier alpha value is -1.85. The minimum atomic E-state index is -1.01. The first-order chi connectivity index (χ1) is 8.34. The normalized spacial score (nSPS) is 11.6. The number of hydrogen-bond acceptors (Lipinski definition) is 4. The van der Waals surface area contributed by atoms with Crippen LogP contribution in [0.5, 0.6) is 0 Å². The Morgan fingerprint density at radius 2 is 1.83 bits per heavy atom. The molecule has 0 aliphatic carbocycles. The van der Waals surface area contributed by atoms with Crippen molar-refractivity contribution in [1.82, 2.24) is 0 Å². The van der Waals surface area contributed by atoms with E-state index in [1.165, 1.54) is 6.92 Å². The van der Waals surface area contributed by atoms with Crippen molar-refractivity contribution in [2.45, 2.75) is 32.6 Å². The fourth-order valence-electron chi connectivity index (χ4n) is 1.31. The van der Waals surface area contributed by atoms with Crippen LogP contribution in [0.2, 0.25) is 0 Å². The fourth-order valence-corrected chi connectivity index (χ4v) is 1.31. The third kappa shape index (κ3) is 7.43. The van der Waals surface area contributed by atoms with Gasteiger partial charge in [-0.2, -0.15) is 0 Å². The molecule has 6 heteroatoms. The highest BCUT2D eigenvalue weighted by molar-refractivity contribution is 5.86. The molecule has 102 valence electrons. The first-order valence-electron chi connectivity index (χ1n) is 5.61. The molecular formula is C12H18O6. The largest absolute Gasteiger partial charge is 0.481 e. The van der Waals surface area contributed by atoms with E-state index in [4.69, 9.17) is 14.9 Å². The Kier molecular flexibility index (Phi) is 7.42. The Bertz CT molecular complexity index is 333. The lowest BCUT2D eigenvalue weighted by atomic mass is 9.99. The Morgan fingerprint density at radius 1 is 1.22 bits per heavy atom. The SMILES string of the molecule is C=C(C)C(=O)OCCC(CCCC(=O)O)C(=O)O. The summed E-state index contributed by atoms with van der Waals surface area (Å²) in [6.45, 7) is 4.90. The molecule has 6 nitrogen and oxygen atoms in total. The maximum Gasteiger partial charge on any atom is 0.333 e. The average molecular weight is 258 g/mol. The van der Waals surface area contributed by atoms with Crippen molar-refractivity contribution in [1.29, 1.82) is 0 Å². The lowest BCUT2D eigenvalue weighted by molar-refractivity contribution is -0.146. The van der Waals surface area contributed by atoms with Gasteiger partial charge in [0, 0.05) is 12.0 Å². The van der Waals surface area contributed by atoms with Crippen molar-refractivity contribution >= 4 is 17.9 Å². The number of esters is 1. The first kappa shape index (κ1) is 16.1. The Balaban J connectivity index is 3.98. The predicted molar refractivity (Wildman–Crippen MR) is 63.0 cm³/mol. The summed E-state index contributed by atoms with van der Waals surface area (Å²) < 4.78 is 4.79. The molecule has 0 rings (SSSR count). The predicted octanol–water partition coefficient (Wildman–Crippen LogP) is 1.45. The van der Waals surface area contributed by atoms with Crippen LogP contribution in [0.15, 0.2) is 12.2 Å². The second-order valence-corrected chi connectivity index (χ2v) is 4.03. The monoisotopic (exact) mass is 258 g/mol. The lowest BCUT2D eigenvalue weighted by Crippen LogP contribution is -2.18. The van der Waals surface area contributed by atoms with Gasteiger partial charge in [0.2, 0.25) is 0 Å². The number of rotatable bonds is 9. The van der Waals surface area contributed by atoms with E-state index in [1.807, 2.05) is 0 Å². The topological polar surface area (TPSA) is 101 Å². The van der Waals surface area contributed by atoms with E-state index in [2.05, 4.69) is 6.58 Å². The molecule has 2 N–H and O–H groups in total. The molecule has 0 aromatic carbocycles. The lowest BCUT2D eigenvalue weighted by Gasteiger charge is -2.11. The van der Waals surface area contributed by atoms with Crippen LogP contribution in [0.4, 0.5) is 0 Å². The first-order valence-corrected chi connectivity index (χ1v) is 5.61.